The number of nitrogens with zero attached hydrogens (tertiary/aromatic N) is 2. The second kappa shape index (κ2) is 8.08. The quantitative estimate of drug-likeness (QED) is 0.370. The lowest BCUT2D eigenvalue weighted by Crippen LogP contribution is -2.14. The first kappa shape index (κ1) is 18.9. The molecular weight excluding hydrogens is 330 g/mol. The number of anilines is 1. The van der Waals surface area contributed by atoms with Crippen LogP contribution < -0.4 is 5.32 Å². The van der Waals surface area contributed by atoms with Gasteiger partial charge in [-0.3, -0.25) is 14.9 Å². The molecular formula is C20H19N3O3. The number of nitriles is 1. The number of aryl methyl sites for hydroxylation is 1. The van der Waals surface area contributed by atoms with Crippen LogP contribution in [0.2, 0.25) is 0 Å². The van der Waals surface area contributed by atoms with E-state index in [-0.39, 0.29) is 11.3 Å². The number of carbonyl (C=O) groups excluding carboxylic acids is 1. The van der Waals surface area contributed by atoms with Gasteiger partial charge in [0.2, 0.25) is 0 Å². The van der Waals surface area contributed by atoms with Crippen LogP contribution in [0.15, 0.2) is 48.0 Å². The molecule has 0 unspecified atom stereocenters. The van der Waals surface area contributed by atoms with Gasteiger partial charge in [0.25, 0.3) is 11.6 Å². The summed E-state index contributed by atoms with van der Waals surface area (Å²) in [5, 5.41) is 22.8. The highest BCUT2D eigenvalue weighted by atomic mass is 16.6. The van der Waals surface area contributed by atoms with E-state index in [9.17, 15) is 20.2 Å². The van der Waals surface area contributed by atoms with E-state index in [1.165, 1.54) is 18.2 Å². The van der Waals surface area contributed by atoms with E-state index in [1.54, 1.807) is 13.0 Å². The van der Waals surface area contributed by atoms with Crippen molar-refractivity contribution in [3.63, 3.8) is 0 Å². The Kier molecular flexibility index (Phi) is 5.86. The lowest BCUT2D eigenvalue weighted by Gasteiger charge is -2.08. The first-order valence-corrected chi connectivity index (χ1v) is 8.10. The molecule has 132 valence electrons. The van der Waals surface area contributed by atoms with Crippen LogP contribution in [0.3, 0.4) is 0 Å². The lowest BCUT2D eigenvalue weighted by molar-refractivity contribution is -0.384. The van der Waals surface area contributed by atoms with Gasteiger partial charge in [0.05, 0.1) is 10.6 Å². The molecule has 2 aromatic carbocycles. The molecule has 0 bridgehead atoms. The monoisotopic (exact) mass is 349 g/mol. The summed E-state index contributed by atoms with van der Waals surface area (Å²) >= 11 is 0. The molecule has 0 aliphatic carbocycles. The maximum atomic E-state index is 12.4. The first-order chi connectivity index (χ1) is 12.3. The molecule has 0 aliphatic rings. The van der Waals surface area contributed by atoms with E-state index in [0.717, 1.165) is 11.1 Å². The van der Waals surface area contributed by atoms with Gasteiger partial charge < -0.3 is 5.32 Å². The zero-order valence-corrected chi connectivity index (χ0v) is 14.8. The molecule has 0 heterocycles. The number of carbonyl (C=O) groups is 1. The molecule has 2 rings (SSSR count). The smallest absolute Gasteiger partial charge is 0.271 e. The minimum atomic E-state index is -0.607. The van der Waals surface area contributed by atoms with Crippen LogP contribution in [0.1, 0.15) is 36.5 Å². The average molecular weight is 349 g/mol. The number of hydrogen-bond donors (Lipinski definition) is 1. The minimum absolute atomic E-state index is 0.0757. The molecule has 2 aromatic rings. The molecule has 0 aromatic heterocycles. The van der Waals surface area contributed by atoms with Crippen molar-refractivity contribution in [2.24, 2.45) is 0 Å². The molecule has 0 saturated heterocycles. The van der Waals surface area contributed by atoms with Gasteiger partial charge in [-0.05, 0) is 35.6 Å². The largest absolute Gasteiger partial charge is 0.321 e. The van der Waals surface area contributed by atoms with Crippen LogP contribution in [0.25, 0.3) is 6.08 Å². The third-order valence-corrected chi connectivity index (χ3v) is 3.96. The van der Waals surface area contributed by atoms with E-state index >= 15 is 0 Å². The zero-order valence-electron chi connectivity index (χ0n) is 14.8. The summed E-state index contributed by atoms with van der Waals surface area (Å²) in [6, 6.07) is 13.7. The molecule has 6 heteroatoms. The molecule has 0 aliphatic heterocycles. The highest BCUT2D eigenvalue weighted by molar-refractivity contribution is 6.10. The second-order valence-electron chi connectivity index (χ2n) is 6.20. The van der Waals surface area contributed by atoms with Gasteiger partial charge in [0.15, 0.2) is 0 Å². The number of amides is 1. The maximum absolute atomic E-state index is 12.4. The fraction of sp³-hybridized carbons (Fsp3) is 0.200. The summed E-state index contributed by atoms with van der Waals surface area (Å²) in [7, 11) is 0. The third-order valence-electron chi connectivity index (χ3n) is 3.96. The molecule has 6 nitrogen and oxygen atoms in total. The summed E-state index contributed by atoms with van der Waals surface area (Å²) in [6.07, 6.45) is 1.49. The standard InChI is InChI=1S/C20H19N3O3/c1-13(2)16-7-5-15(6-8-16)10-17(12-21)20(24)22-19-11-18(23(25)26)9-4-14(19)3/h4-11,13H,1-3H3,(H,22,24)/b17-10-. The van der Waals surface area contributed by atoms with E-state index in [2.05, 4.69) is 19.2 Å². The Labute approximate surface area is 151 Å². The predicted molar refractivity (Wildman–Crippen MR) is 101 cm³/mol. The van der Waals surface area contributed by atoms with Gasteiger partial charge in [-0.15, -0.1) is 0 Å². The predicted octanol–water partition coefficient (Wildman–Crippen LogP) is 4.57. The number of hydrogen-bond acceptors (Lipinski definition) is 4. The number of nitro groups is 1. The van der Waals surface area contributed by atoms with Crippen molar-refractivity contribution < 1.29 is 9.72 Å². The maximum Gasteiger partial charge on any atom is 0.271 e. The van der Waals surface area contributed by atoms with Crippen molar-refractivity contribution in [2.75, 3.05) is 5.32 Å². The Morgan fingerprint density at radius 1 is 1.23 bits per heavy atom. The van der Waals surface area contributed by atoms with Crippen LogP contribution in [-0.4, -0.2) is 10.8 Å². The topological polar surface area (TPSA) is 96.0 Å². The van der Waals surface area contributed by atoms with Crippen LogP contribution in [0.5, 0.6) is 0 Å². The molecule has 0 atom stereocenters. The highest BCUT2D eigenvalue weighted by Gasteiger charge is 2.14. The van der Waals surface area contributed by atoms with Gasteiger partial charge in [0.1, 0.15) is 11.6 Å². The summed E-state index contributed by atoms with van der Waals surface area (Å²) in [5.41, 5.74) is 2.67. The lowest BCUT2D eigenvalue weighted by atomic mass is 10.0. The Morgan fingerprint density at radius 2 is 1.88 bits per heavy atom. The Bertz CT molecular complexity index is 907. The summed E-state index contributed by atoms with van der Waals surface area (Å²) in [4.78, 5) is 22.7. The number of nitrogens with one attached hydrogen (secondary N) is 1. The Hall–Kier alpha value is -3.46. The van der Waals surface area contributed by atoms with Crippen LogP contribution in [0.4, 0.5) is 11.4 Å². The van der Waals surface area contributed by atoms with Crippen LogP contribution in [0, 0.1) is 28.4 Å². The van der Waals surface area contributed by atoms with Crippen molar-refractivity contribution in [3.8, 4) is 6.07 Å². The molecule has 0 radical (unpaired) electrons. The van der Waals surface area contributed by atoms with Crippen molar-refractivity contribution in [2.45, 2.75) is 26.7 Å². The van der Waals surface area contributed by atoms with Gasteiger partial charge in [-0.25, -0.2) is 0 Å². The molecule has 0 saturated carbocycles. The molecule has 1 amide bonds. The van der Waals surface area contributed by atoms with Crippen LogP contribution >= 0.6 is 0 Å². The Balaban J connectivity index is 2.25. The average Bonchev–Trinajstić information content (AvgIpc) is 2.61. The first-order valence-electron chi connectivity index (χ1n) is 8.10. The van der Waals surface area contributed by atoms with Gasteiger partial charge in [-0.2, -0.15) is 5.26 Å². The highest BCUT2D eigenvalue weighted by Crippen LogP contribution is 2.23. The fourth-order valence-electron chi connectivity index (χ4n) is 2.34. The second-order valence-corrected chi connectivity index (χ2v) is 6.20. The summed E-state index contributed by atoms with van der Waals surface area (Å²) < 4.78 is 0. The van der Waals surface area contributed by atoms with Crippen LogP contribution in [-0.2, 0) is 4.79 Å². The molecule has 0 spiro atoms. The van der Waals surface area contributed by atoms with Crippen molar-refractivity contribution >= 4 is 23.4 Å². The zero-order chi connectivity index (χ0) is 19.3. The minimum Gasteiger partial charge on any atom is -0.321 e. The fourth-order valence-corrected chi connectivity index (χ4v) is 2.34. The SMILES string of the molecule is Cc1ccc([N+](=O)[O-])cc1NC(=O)/C(C#N)=C\c1ccc(C(C)C)cc1. The summed E-state index contributed by atoms with van der Waals surface area (Å²) in [6.45, 7) is 5.89. The van der Waals surface area contributed by atoms with Crippen molar-refractivity contribution in [1.29, 1.82) is 5.26 Å². The number of rotatable bonds is 5. The summed E-state index contributed by atoms with van der Waals surface area (Å²) in [5.74, 6) is -0.215. The number of benzene rings is 2. The molecule has 1 N–H and O–H groups in total. The number of nitro benzene ring substituents is 1. The van der Waals surface area contributed by atoms with E-state index in [1.807, 2.05) is 30.3 Å². The van der Waals surface area contributed by atoms with Crippen molar-refractivity contribution in [1.82, 2.24) is 0 Å². The van der Waals surface area contributed by atoms with Gasteiger partial charge >= 0.3 is 0 Å². The Morgan fingerprint density at radius 3 is 2.42 bits per heavy atom. The molecule has 26 heavy (non-hydrogen) atoms. The van der Waals surface area contributed by atoms with Gasteiger partial charge in [0, 0.05) is 12.1 Å². The molecule has 0 fully saturated rings. The van der Waals surface area contributed by atoms with E-state index < -0.39 is 10.8 Å². The number of non-ortho nitro benzene ring substituents is 1. The normalized spacial score (nSPS) is 11.1. The third kappa shape index (κ3) is 4.54. The van der Waals surface area contributed by atoms with E-state index in [0.29, 0.717) is 17.2 Å². The van der Waals surface area contributed by atoms with E-state index in [4.69, 9.17) is 0 Å². The van der Waals surface area contributed by atoms with Gasteiger partial charge in [-0.1, -0.05) is 44.2 Å². The van der Waals surface area contributed by atoms with Crippen molar-refractivity contribution in [3.05, 3.63) is 74.8 Å².